The minimum atomic E-state index is -0.989. The number of benzene rings is 1. The number of carboxylic acid groups (broad SMARTS) is 1. The number of aryl methyl sites for hydroxylation is 2. The molecule has 1 amide bonds. The maximum atomic E-state index is 12.7. The molecule has 0 saturated heterocycles. The highest BCUT2D eigenvalue weighted by Gasteiger charge is 2.17. The third-order valence-electron chi connectivity index (χ3n) is 4.27. The zero-order valence-corrected chi connectivity index (χ0v) is 16.9. The maximum absolute atomic E-state index is 12.7. The van der Waals surface area contributed by atoms with Crippen LogP contribution in [-0.2, 0) is 0 Å². The van der Waals surface area contributed by atoms with Crippen molar-refractivity contribution in [1.82, 2.24) is 4.98 Å². The number of nitrogens with zero attached hydrogens (tertiary/aromatic N) is 2. The van der Waals surface area contributed by atoms with Crippen molar-refractivity contribution in [1.29, 1.82) is 0 Å². The van der Waals surface area contributed by atoms with Crippen molar-refractivity contribution in [3.63, 3.8) is 0 Å². The standard InChI is InChI=1S/C20H24ClN3O3/c1-6-24(11(2)3)17-10-14(21)9-16(23-17)19(25)22-15-7-12(4)18(20(26)27)13(5)8-15/h7-11H,6H2,1-5H3,(H,22,25)(H,26,27). The quantitative estimate of drug-likeness (QED) is 0.758. The SMILES string of the molecule is CCN(c1cc(Cl)cc(C(=O)Nc2cc(C)c(C(=O)O)c(C)c2)n1)C(C)C. The first kappa shape index (κ1) is 20.7. The fourth-order valence-electron chi connectivity index (χ4n) is 3.11. The Balaban J connectivity index is 2.34. The van der Waals surface area contributed by atoms with Crippen molar-refractivity contribution in [2.75, 3.05) is 16.8 Å². The number of pyridine rings is 1. The highest BCUT2D eigenvalue weighted by Crippen LogP contribution is 2.23. The van der Waals surface area contributed by atoms with E-state index in [1.54, 1.807) is 32.0 Å². The Hall–Kier alpha value is -2.60. The number of anilines is 2. The Labute approximate surface area is 164 Å². The number of aromatic nitrogens is 1. The van der Waals surface area contributed by atoms with E-state index in [1.807, 2.05) is 25.7 Å². The van der Waals surface area contributed by atoms with Gasteiger partial charge < -0.3 is 15.3 Å². The zero-order chi connectivity index (χ0) is 20.3. The molecule has 6 nitrogen and oxygen atoms in total. The van der Waals surface area contributed by atoms with Crippen LogP contribution in [0, 0.1) is 13.8 Å². The van der Waals surface area contributed by atoms with E-state index in [4.69, 9.17) is 11.6 Å². The highest BCUT2D eigenvalue weighted by molar-refractivity contribution is 6.31. The van der Waals surface area contributed by atoms with Crippen molar-refractivity contribution in [2.45, 2.75) is 40.7 Å². The van der Waals surface area contributed by atoms with Crippen LogP contribution in [-0.4, -0.2) is 34.6 Å². The number of nitrogens with one attached hydrogen (secondary N) is 1. The molecule has 1 aromatic heterocycles. The number of hydrogen-bond acceptors (Lipinski definition) is 4. The summed E-state index contributed by atoms with van der Waals surface area (Å²) >= 11 is 6.20. The molecule has 0 unspecified atom stereocenters. The van der Waals surface area contributed by atoms with E-state index in [0.29, 0.717) is 27.7 Å². The van der Waals surface area contributed by atoms with Gasteiger partial charge in [-0.3, -0.25) is 4.79 Å². The minimum absolute atomic E-state index is 0.203. The average molecular weight is 390 g/mol. The van der Waals surface area contributed by atoms with E-state index < -0.39 is 11.9 Å². The second-order valence-corrected chi connectivity index (χ2v) is 7.09. The summed E-state index contributed by atoms with van der Waals surface area (Å²) in [6.07, 6.45) is 0. The van der Waals surface area contributed by atoms with E-state index in [2.05, 4.69) is 10.3 Å². The number of amides is 1. The van der Waals surface area contributed by atoms with Crippen LogP contribution in [0.15, 0.2) is 24.3 Å². The van der Waals surface area contributed by atoms with Gasteiger partial charge in [-0.15, -0.1) is 0 Å². The summed E-state index contributed by atoms with van der Waals surface area (Å²) in [6, 6.07) is 6.72. The van der Waals surface area contributed by atoms with Gasteiger partial charge in [0.05, 0.1) is 5.56 Å². The molecule has 0 radical (unpaired) electrons. The fourth-order valence-corrected chi connectivity index (χ4v) is 3.31. The fraction of sp³-hybridized carbons (Fsp3) is 0.350. The predicted molar refractivity (Wildman–Crippen MR) is 108 cm³/mol. The summed E-state index contributed by atoms with van der Waals surface area (Å²) in [5, 5.41) is 12.5. The molecule has 2 aromatic rings. The van der Waals surface area contributed by atoms with Crippen LogP contribution in [0.25, 0.3) is 0 Å². The first-order valence-corrected chi connectivity index (χ1v) is 9.12. The van der Waals surface area contributed by atoms with Crippen LogP contribution in [0.4, 0.5) is 11.5 Å². The molecule has 1 heterocycles. The molecule has 0 aliphatic rings. The van der Waals surface area contributed by atoms with Crippen molar-refractivity contribution < 1.29 is 14.7 Å². The molecule has 0 saturated carbocycles. The van der Waals surface area contributed by atoms with E-state index in [-0.39, 0.29) is 17.3 Å². The molecule has 0 spiro atoms. The van der Waals surface area contributed by atoms with Gasteiger partial charge in [0.2, 0.25) is 0 Å². The van der Waals surface area contributed by atoms with E-state index in [0.717, 1.165) is 6.54 Å². The minimum Gasteiger partial charge on any atom is -0.478 e. The van der Waals surface area contributed by atoms with Crippen LogP contribution < -0.4 is 10.2 Å². The van der Waals surface area contributed by atoms with Crippen LogP contribution in [0.5, 0.6) is 0 Å². The molecule has 144 valence electrons. The van der Waals surface area contributed by atoms with Gasteiger partial charge in [0.25, 0.3) is 5.91 Å². The number of hydrogen-bond donors (Lipinski definition) is 2. The Morgan fingerprint density at radius 2 is 1.78 bits per heavy atom. The van der Waals surface area contributed by atoms with Crippen LogP contribution in [0.1, 0.15) is 52.7 Å². The number of carboxylic acids is 1. The Morgan fingerprint density at radius 3 is 2.26 bits per heavy atom. The molecular weight excluding hydrogens is 366 g/mol. The zero-order valence-electron chi connectivity index (χ0n) is 16.1. The number of carbonyl (C=O) groups is 2. The lowest BCUT2D eigenvalue weighted by Gasteiger charge is -2.26. The van der Waals surface area contributed by atoms with Gasteiger partial charge in [0, 0.05) is 23.3 Å². The first-order valence-electron chi connectivity index (χ1n) is 8.74. The summed E-state index contributed by atoms with van der Waals surface area (Å²) in [5.74, 6) is -0.753. The molecular formula is C20H24ClN3O3. The molecule has 2 N–H and O–H groups in total. The second kappa shape index (κ2) is 8.39. The van der Waals surface area contributed by atoms with Gasteiger partial charge in [-0.05, 0) is 70.0 Å². The molecule has 27 heavy (non-hydrogen) atoms. The lowest BCUT2D eigenvalue weighted by atomic mass is 10.0. The first-order chi connectivity index (χ1) is 12.6. The molecule has 1 aromatic carbocycles. The Kier molecular flexibility index (Phi) is 6.44. The van der Waals surface area contributed by atoms with E-state index in [9.17, 15) is 14.7 Å². The molecule has 2 rings (SSSR count). The van der Waals surface area contributed by atoms with Crippen LogP contribution in [0.3, 0.4) is 0 Å². The summed E-state index contributed by atoms with van der Waals surface area (Å²) in [6.45, 7) is 10.2. The van der Waals surface area contributed by atoms with Crippen molar-refractivity contribution in [3.05, 3.63) is 51.7 Å². The van der Waals surface area contributed by atoms with Crippen molar-refractivity contribution in [2.24, 2.45) is 0 Å². The van der Waals surface area contributed by atoms with E-state index in [1.165, 1.54) is 6.07 Å². The third kappa shape index (κ3) is 4.77. The normalized spacial score (nSPS) is 10.8. The number of halogens is 1. The smallest absolute Gasteiger partial charge is 0.336 e. The van der Waals surface area contributed by atoms with Gasteiger partial charge in [0.15, 0.2) is 0 Å². The molecule has 0 aliphatic heterocycles. The number of aromatic carboxylic acids is 1. The number of carbonyl (C=O) groups excluding carboxylic acids is 1. The Bertz CT molecular complexity index is 858. The molecule has 0 bridgehead atoms. The largest absolute Gasteiger partial charge is 0.478 e. The monoisotopic (exact) mass is 389 g/mol. The van der Waals surface area contributed by atoms with E-state index >= 15 is 0 Å². The van der Waals surface area contributed by atoms with Gasteiger partial charge in [-0.25, -0.2) is 9.78 Å². The summed E-state index contributed by atoms with van der Waals surface area (Å²) in [7, 11) is 0. The van der Waals surface area contributed by atoms with Crippen molar-refractivity contribution in [3.8, 4) is 0 Å². The summed E-state index contributed by atoms with van der Waals surface area (Å²) in [5.41, 5.74) is 2.12. The average Bonchev–Trinajstić information content (AvgIpc) is 2.53. The predicted octanol–water partition coefficient (Wildman–Crippen LogP) is 4.54. The number of rotatable bonds is 6. The summed E-state index contributed by atoms with van der Waals surface area (Å²) in [4.78, 5) is 30.5. The van der Waals surface area contributed by atoms with Crippen LogP contribution >= 0.6 is 11.6 Å². The summed E-state index contributed by atoms with van der Waals surface area (Å²) < 4.78 is 0. The molecule has 7 heteroatoms. The molecule has 0 fully saturated rings. The second-order valence-electron chi connectivity index (χ2n) is 6.65. The molecule has 0 aliphatic carbocycles. The lowest BCUT2D eigenvalue weighted by molar-refractivity contribution is 0.0695. The van der Waals surface area contributed by atoms with Gasteiger partial charge in [0.1, 0.15) is 11.5 Å². The topological polar surface area (TPSA) is 82.5 Å². The highest BCUT2D eigenvalue weighted by atomic mass is 35.5. The lowest BCUT2D eigenvalue weighted by Crippen LogP contribution is -2.31. The maximum Gasteiger partial charge on any atom is 0.336 e. The third-order valence-corrected chi connectivity index (χ3v) is 4.49. The van der Waals surface area contributed by atoms with Gasteiger partial charge >= 0.3 is 5.97 Å². The van der Waals surface area contributed by atoms with Crippen LogP contribution in [0.2, 0.25) is 5.02 Å². The van der Waals surface area contributed by atoms with Gasteiger partial charge in [-0.2, -0.15) is 0 Å². The van der Waals surface area contributed by atoms with Gasteiger partial charge in [-0.1, -0.05) is 11.6 Å². The Morgan fingerprint density at radius 1 is 1.19 bits per heavy atom. The van der Waals surface area contributed by atoms with Crippen molar-refractivity contribution >= 4 is 35.0 Å². The molecule has 0 atom stereocenters.